The number of hydrogen-bond acceptors (Lipinski definition) is 4. The number of benzene rings is 1. The predicted molar refractivity (Wildman–Crippen MR) is 78.8 cm³/mol. The normalized spacial score (nSPS) is 23.4. The van der Waals surface area contributed by atoms with Crippen LogP contribution in [-0.4, -0.2) is 42.8 Å². The molecule has 6 heteroatoms. The van der Waals surface area contributed by atoms with Crippen LogP contribution in [0.2, 0.25) is 0 Å². The second-order valence-corrected chi connectivity index (χ2v) is 5.59. The minimum atomic E-state index is -0.157. The maximum atomic E-state index is 9.24. The van der Waals surface area contributed by atoms with E-state index in [1.165, 1.54) is 0 Å². The number of nitrogens with two attached hydrogens (primary N) is 1. The molecule has 1 saturated heterocycles. The van der Waals surface area contributed by atoms with Gasteiger partial charge in [0.2, 0.25) is 0 Å². The van der Waals surface area contributed by atoms with Crippen molar-refractivity contribution in [3.63, 3.8) is 0 Å². The highest BCUT2D eigenvalue weighted by Gasteiger charge is 2.25. The van der Waals surface area contributed by atoms with E-state index in [4.69, 9.17) is 15.9 Å². The predicted octanol–water partition coefficient (Wildman–Crippen LogP) is 1.32. The molecule has 0 radical (unpaired) electrons. The van der Waals surface area contributed by atoms with Gasteiger partial charge in [-0.05, 0) is 41.1 Å². The van der Waals surface area contributed by atoms with Crippen molar-refractivity contribution in [1.82, 2.24) is 0 Å². The number of aliphatic hydroxyl groups excluding tert-OH is 1. The van der Waals surface area contributed by atoms with Crippen LogP contribution in [-0.2, 0) is 4.74 Å². The van der Waals surface area contributed by atoms with Crippen LogP contribution in [0.5, 0.6) is 0 Å². The van der Waals surface area contributed by atoms with Gasteiger partial charge in [-0.2, -0.15) is 0 Å². The number of aliphatic hydroxyl groups is 1. The standard InChI is InChI=1S/C13H18BrN3O2/c1-8-5-17(6-10(7-18)19-8)9-2-3-11(13(15)16)12(14)4-9/h2-4,8,10,18H,5-7H2,1H3,(H3,15,16). The smallest absolute Gasteiger partial charge is 0.123 e. The van der Waals surface area contributed by atoms with E-state index in [0.29, 0.717) is 12.1 Å². The molecule has 104 valence electrons. The molecular formula is C13H18BrN3O2. The summed E-state index contributed by atoms with van der Waals surface area (Å²) < 4.78 is 6.42. The quantitative estimate of drug-likeness (QED) is 0.577. The van der Waals surface area contributed by atoms with Gasteiger partial charge in [-0.1, -0.05) is 0 Å². The molecule has 0 spiro atoms. The second-order valence-electron chi connectivity index (χ2n) is 4.73. The Balaban J connectivity index is 2.21. The van der Waals surface area contributed by atoms with E-state index in [0.717, 1.165) is 16.7 Å². The number of nitrogens with zero attached hydrogens (tertiary/aromatic N) is 1. The zero-order valence-electron chi connectivity index (χ0n) is 10.8. The molecule has 1 fully saturated rings. The Morgan fingerprint density at radius 1 is 1.58 bits per heavy atom. The highest BCUT2D eigenvalue weighted by atomic mass is 79.9. The monoisotopic (exact) mass is 327 g/mol. The molecule has 0 aliphatic carbocycles. The summed E-state index contributed by atoms with van der Waals surface area (Å²) in [6.45, 7) is 3.45. The van der Waals surface area contributed by atoms with Gasteiger partial charge < -0.3 is 20.5 Å². The molecule has 2 rings (SSSR count). The highest BCUT2D eigenvalue weighted by Crippen LogP contribution is 2.26. The lowest BCUT2D eigenvalue weighted by Gasteiger charge is -2.37. The van der Waals surface area contributed by atoms with Gasteiger partial charge in [0.15, 0.2) is 0 Å². The van der Waals surface area contributed by atoms with Gasteiger partial charge in [0.1, 0.15) is 5.84 Å². The van der Waals surface area contributed by atoms with Gasteiger partial charge in [0, 0.05) is 28.8 Å². The van der Waals surface area contributed by atoms with E-state index >= 15 is 0 Å². The Kier molecular flexibility index (Phi) is 4.44. The zero-order valence-corrected chi connectivity index (χ0v) is 12.4. The van der Waals surface area contributed by atoms with Crippen LogP contribution < -0.4 is 10.6 Å². The van der Waals surface area contributed by atoms with Crippen molar-refractivity contribution < 1.29 is 9.84 Å². The Hall–Kier alpha value is -1.11. The molecule has 0 aromatic heterocycles. The first-order valence-corrected chi connectivity index (χ1v) is 6.95. The molecule has 0 saturated carbocycles. The molecule has 1 aromatic rings. The number of amidine groups is 1. The second kappa shape index (κ2) is 5.90. The van der Waals surface area contributed by atoms with Gasteiger partial charge in [-0.25, -0.2) is 0 Å². The average molecular weight is 328 g/mol. The first kappa shape index (κ1) is 14.3. The molecule has 4 N–H and O–H groups in total. The summed E-state index contributed by atoms with van der Waals surface area (Å²) in [4.78, 5) is 2.17. The molecule has 1 aliphatic heterocycles. The summed E-state index contributed by atoms with van der Waals surface area (Å²) in [7, 11) is 0. The van der Waals surface area contributed by atoms with Gasteiger partial charge in [0.25, 0.3) is 0 Å². The fourth-order valence-electron chi connectivity index (χ4n) is 2.28. The molecular weight excluding hydrogens is 310 g/mol. The summed E-state index contributed by atoms with van der Waals surface area (Å²) >= 11 is 3.43. The summed E-state index contributed by atoms with van der Waals surface area (Å²) in [6, 6.07) is 5.72. The molecule has 0 amide bonds. The van der Waals surface area contributed by atoms with Crippen molar-refractivity contribution in [3.05, 3.63) is 28.2 Å². The van der Waals surface area contributed by atoms with Crippen LogP contribution in [0, 0.1) is 5.41 Å². The summed E-state index contributed by atoms with van der Waals surface area (Å²) in [6.07, 6.45) is -0.0767. The van der Waals surface area contributed by atoms with Crippen LogP contribution in [0.25, 0.3) is 0 Å². The third-order valence-corrected chi connectivity index (χ3v) is 3.79. The molecule has 2 unspecified atom stereocenters. The molecule has 5 nitrogen and oxygen atoms in total. The number of rotatable bonds is 3. The lowest BCUT2D eigenvalue weighted by Crippen LogP contribution is -2.48. The fourth-order valence-corrected chi connectivity index (χ4v) is 2.86. The van der Waals surface area contributed by atoms with E-state index in [-0.39, 0.29) is 24.7 Å². The lowest BCUT2D eigenvalue weighted by atomic mass is 10.1. The number of anilines is 1. The van der Waals surface area contributed by atoms with E-state index in [1.54, 1.807) is 0 Å². The van der Waals surface area contributed by atoms with Crippen molar-refractivity contribution >= 4 is 27.5 Å². The number of nitrogens with one attached hydrogen (secondary N) is 1. The van der Waals surface area contributed by atoms with E-state index < -0.39 is 0 Å². The maximum absolute atomic E-state index is 9.24. The number of morpholine rings is 1. The van der Waals surface area contributed by atoms with Crippen molar-refractivity contribution in [3.8, 4) is 0 Å². The van der Waals surface area contributed by atoms with Gasteiger partial charge in [-0.3, -0.25) is 5.41 Å². The summed E-state index contributed by atoms with van der Waals surface area (Å²) in [5.41, 5.74) is 7.21. The summed E-state index contributed by atoms with van der Waals surface area (Å²) in [5.74, 6) is 0.0435. The lowest BCUT2D eigenvalue weighted by molar-refractivity contribution is -0.0421. The average Bonchev–Trinajstić information content (AvgIpc) is 2.37. The van der Waals surface area contributed by atoms with E-state index in [9.17, 15) is 5.11 Å². The van der Waals surface area contributed by atoms with Crippen LogP contribution in [0.4, 0.5) is 5.69 Å². The molecule has 19 heavy (non-hydrogen) atoms. The Labute approximate surface area is 121 Å². The number of nitrogen functional groups attached to an aromatic ring is 1. The van der Waals surface area contributed by atoms with Crippen LogP contribution in [0.1, 0.15) is 12.5 Å². The molecule has 2 atom stereocenters. The van der Waals surface area contributed by atoms with E-state index in [1.807, 2.05) is 25.1 Å². The minimum absolute atomic E-state index is 0.0214. The number of ether oxygens (including phenoxy) is 1. The number of hydrogen-bond donors (Lipinski definition) is 3. The SMILES string of the molecule is CC1CN(c2ccc(C(=N)N)c(Br)c2)CC(CO)O1. The van der Waals surface area contributed by atoms with Gasteiger partial charge in [-0.15, -0.1) is 0 Å². The third-order valence-electron chi connectivity index (χ3n) is 3.14. The van der Waals surface area contributed by atoms with Crippen molar-refractivity contribution in [2.24, 2.45) is 5.73 Å². The molecule has 1 aliphatic rings. The van der Waals surface area contributed by atoms with Gasteiger partial charge in [0.05, 0.1) is 18.8 Å². The van der Waals surface area contributed by atoms with Gasteiger partial charge >= 0.3 is 0 Å². The first-order chi connectivity index (χ1) is 9.01. The minimum Gasteiger partial charge on any atom is -0.394 e. The first-order valence-electron chi connectivity index (χ1n) is 6.16. The van der Waals surface area contributed by atoms with Crippen LogP contribution >= 0.6 is 15.9 Å². The zero-order chi connectivity index (χ0) is 14.0. The third kappa shape index (κ3) is 3.26. The van der Waals surface area contributed by atoms with Crippen LogP contribution in [0.3, 0.4) is 0 Å². The van der Waals surface area contributed by atoms with Crippen molar-refractivity contribution in [1.29, 1.82) is 5.41 Å². The highest BCUT2D eigenvalue weighted by molar-refractivity contribution is 9.10. The Morgan fingerprint density at radius 2 is 2.32 bits per heavy atom. The topological polar surface area (TPSA) is 82.6 Å². The molecule has 1 aromatic carbocycles. The number of halogens is 1. The molecule has 1 heterocycles. The van der Waals surface area contributed by atoms with Crippen molar-refractivity contribution in [2.45, 2.75) is 19.1 Å². The Morgan fingerprint density at radius 3 is 2.89 bits per heavy atom. The van der Waals surface area contributed by atoms with Crippen molar-refractivity contribution in [2.75, 3.05) is 24.6 Å². The van der Waals surface area contributed by atoms with E-state index in [2.05, 4.69) is 20.8 Å². The molecule has 0 bridgehead atoms. The van der Waals surface area contributed by atoms with Crippen LogP contribution in [0.15, 0.2) is 22.7 Å². The fraction of sp³-hybridized carbons (Fsp3) is 0.462. The Bertz CT molecular complexity index is 481. The maximum Gasteiger partial charge on any atom is 0.123 e. The summed E-state index contributed by atoms with van der Waals surface area (Å²) in [5, 5.41) is 16.7. The largest absolute Gasteiger partial charge is 0.394 e.